The van der Waals surface area contributed by atoms with Gasteiger partial charge in [0, 0.05) is 37.5 Å². The van der Waals surface area contributed by atoms with E-state index in [4.69, 9.17) is 5.73 Å². The fourth-order valence-corrected chi connectivity index (χ4v) is 4.57. The average molecular weight is 445 g/mol. The molecular weight excluding hydrogens is 412 g/mol. The van der Waals surface area contributed by atoms with Gasteiger partial charge in [-0.15, -0.1) is 0 Å². The number of amides is 1. The predicted molar refractivity (Wildman–Crippen MR) is 122 cm³/mol. The Kier molecular flexibility index (Phi) is 6.69. The Bertz CT molecular complexity index is 1040. The first-order valence-electron chi connectivity index (χ1n) is 10.6. The van der Waals surface area contributed by atoms with Gasteiger partial charge in [0.25, 0.3) is 0 Å². The summed E-state index contributed by atoms with van der Waals surface area (Å²) in [7, 11) is -3.25. The van der Waals surface area contributed by atoms with Gasteiger partial charge < -0.3 is 10.6 Å². The van der Waals surface area contributed by atoms with Gasteiger partial charge in [-0.25, -0.2) is 18.4 Å². The van der Waals surface area contributed by atoms with E-state index in [1.807, 2.05) is 4.90 Å². The summed E-state index contributed by atoms with van der Waals surface area (Å²) < 4.78 is 23.5. The topological polar surface area (TPSA) is 106 Å². The number of anilines is 1. The molecule has 31 heavy (non-hydrogen) atoms. The number of aromatic nitrogens is 2. The van der Waals surface area contributed by atoms with Crippen molar-refractivity contribution in [3.05, 3.63) is 36.2 Å². The van der Waals surface area contributed by atoms with E-state index in [0.717, 1.165) is 49.2 Å². The molecule has 0 unspecified atom stereocenters. The second-order valence-corrected chi connectivity index (χ2v) is 11.7. The van der Waals surface area contributed by atoms with E-state index in [2.05, 4.69) is 30.7 Å². The Balaban J connectivity index is 1.72. The first-order valence-corrected chi connectivity index (χ1v) is 12.5. The summed E-state index contributed by atoms with van der Waals surface area (Å²) in [6.45, 7) is 7.78. The van der Waals surface area contributed by atoms with Crippen LogP contribution in [0.5, 0.6) is 0 Å². The molecule has 7 nitrogen and oxygen atoms in total. The van der Waals surface area contributed by atoms with Gasteiger partial charge >= 0.3 is 0 Å². The minimum absolute atomic E-state index is 0.00598. The molecule has 0 aliphatic carbocycles. The molecule has 0 saturated carbocycles. The molecule has 168 valence electrons. The first kappa shape index (κ1) is 23.2. The molecule has 2 heterocycles. The number of nitrogens with two attached hydrogens (primary N) is 1. The minimum atomic E-state index is -3.25. The summed E-state index contributed by atoms with van der Waals surface area (Å²) in [5.74, 6) is 0.857. The van der Waals surface area contributed by atoms with Gasteiger partial charge in [0.15, 0.2) is 9.84 Å². The number of nitrogens with zero attached hydrogens (tertiary/aromatic N) is 3. The summed E-state index contributed by atoms with van der Waals surface area (Å²) in [6.07, 6.45) is 6.05. The van der Waals surface area contributed by atoms with Crippen LogP contribution in [0.15, 0.2) is 35.4 Å². The number of carbonyl (C=O) groups excluding carboxylic acids is 1. The average Bonchev–Trinajstić information content (AvgIpc) is 2.67. The number of nitrogen functional groups attached to an aromatic ring is 1. The minimum Gasteiger partial charge on any atom is -0.368 e. The van der Waals surface area contributed by atoms with Crippen molar-refractivity contribution in [3.8, 4) is 11.1 Å². The smallest absolute Gasteiger partial charge is 0.223 e. The largest absolute Gasteiger partial charge is 0.368 e. The van der Waals surface area contributed by atoms with Gasteiger partial charge in [0.05, 0.1) is 10.6 Å². The third kappa shape index (κ3) is 6.26. The summed E-state index contributed by atoms with van der Waals surface area (Å²) in [5.41, 5.74) is 8.44. The molecule has 1 aromatic carbocycles. The Morgan fingerprint density at radius 3 is 2.32 bits per heavy atom. The predicted octanol–water partition coefficient (Wildman–Crippen LogP) is 3.35. The molecule has 0 spiro atoms. The van der Waals surface area contributed by atoms with Gasteiger partial charge in [-0.05, 0) is 48.3 Å². The number of benzene rings is 1. The van der Waals surface area contributed by atoms with E-state index in [0.29, 0.717) is 12.3 Å². The van der Waals surface area contributed by atoms with Crippen LogP contribution in [0.1, 0.15) is 45.7 Å². The van der Waals surface area contributed by atoms with Crippen LogP contribution in [-0.2, 0) is 21.1 Å². The lowest BCUT2D eigenvalue weighted by Crippen LogP contribution is -2.40. The lowest BCUT2D eigenvalue weighted by Gasteiger charge is -2.33. The molecule has 8 heteroatoms. The van der Waals surface area contributed by atoms with Crippen molar-refractivity contribution in [1.29, 1.82) is 0 Å². The SMILES string of the molecule is CC(C)(C)CC(=O)N1CCC(Cc2nc(N)ncc2-c2ccc(S(C)(=O)=O)cc2)CC1. The number of carbonyl (C=O) groups is 1. The molecule has 1 amide bonds. The third-order valence-corrected chi connectivity index (χ3v) is 6.74. The molecule has 0 bridgehead atoms. The molecule has 3 rings (SSSR count). The lowest BCUT2D eigenvalue weighted by molar-refractivity contribution is -0.134. The number of sulfone groups is 1. The van der Waals surface area contributed by atoms with E-state index in [9.17, 15) is 13.2 Å². The second kappa shape index (κ2) is 8.94. The van der Waals surface area contributed by atoms with Gasteiger partial charge in [0.2, 0.25) is 11.9 Å². The molecule has 1 aromatic heterocycles. The van der Waals surface area contributed by atoms with Crippen molar-refractivity contribution in [2.45, 2.75) is 51.3 Å². The molecule has 0 atom stereocenters. The van der Waals surface area contributed by atoms with Crippen LogP contribution in [0.25, 0.3) is 11.1 Å². The van der Waals surface area contributed by atoms with Crippen LogP contribution < -0.4 is 5.73 Å². The molecule has 2 aromatic rings. The first-order chi connectivity index (χ1) is 14.4. The van der Waals surface area contributed by atoms with E-state index in [-0.39, 0.29) is 22.2 Å². The summed E-state index contributed by atoms with van der Waals surface area (Å²) in [6, 6.07) is 6.76. The van der Waals surface area contributed by atoms with Crippen molar-refractivity contribution in [3.63, 3.8) is 0 Å². The van der Waals surface area contributed by atoms with Crippen LogP contribution >= 0.6 is 0 Å². The highest BCUT2D eigenvalue weighted by molar-refractivity contribution is 7.90. The van der Waals surface area contributed by atoms with Crippen LogP contribution in [0.3, 0.4) is 0 Å². The van der Waals surface area contributed by atoms with Crippen molar-refractivity contribution >= 4 is 21.7 Å². The Hall–Kier alpha value is -2.48. The summed E-state index contributed by atoms with van der Waals surface area (Å²) in [5, 5.41) is 0. The second-order valence-electron chi connectivity index (χ2n) is 9.65. The quantitative estimate of drug-likeness (QED) is 0.758. The summed E-state index contributed by atoms with van der Waals surface area (Å²) >= 11 is 0. The van der Waals surface area contributed by atoms with Crippen LogP contribution in [-0.4, -0.2) is 48.5 Å². The summed E-state index contributed by atoms with van der Waals surface area (Å²) in [4.78, 5) is 23.4. The maximum Gasteiger partial charge on any atom is 0.223 e. The molecule has 0 radical (unpaired) electrons. The fraction of sp³-hybridized carbons (Fsp3) is 0.522. The number of hydrogen-bond donors (Lipinski definition) is 1. The maximum atomic E-state index is 12.5. The maximum absolute atomic E-state index is 12.5. The normalized spacial score (nSPS) is 15.8. The zero-order valence-electron chi connectivity index (χ0n) is 18.8. The Morgan fingerprint density at radius 2 is 1.77 bits per heavy atom. The number of rotatable bonds is 5. The standard InChI is InChI=1S/C23H32N4O3S/c1-23(2,3)14-21(28)27-11-9-16(10-12-27)13-20-19(15-25-22(24)26-20)17-5-7-18(8-6-17)31(4,29)30/h5-8,15-16H,9-14H2,1-4H3,(H2,24,25,26). The Labute approximate surface area is 185 Å². The number of likely N-dealkylation sites (tertiary alicyclic amines) is 1. The monoisotopic (exact) mass is 444 g/mol. The van der Waals surface area contributed by atoms with Crippen molar-refractivity contribution in [2.75, 3.05) is 25.1 Å². The zero-order chi connectivity index (χ0) is 22.8. The third-order valence-electron chi connectivity index (χ3n) is 5.61. The van der Waals surface area contributed by atoms with Crippen LogP contribution in [0.4, 0.5) is 5.95 Å². The zero-order valence-corrected chi connectivity index (χ0v) is 19.6. The molecule has 1 fully saturated rings. The molecule has 1 aliphatic heterocycles. The highest BCUT2D eigenvalue weighted by Crippen LogP contribution is 2.29. The number of piperidine rings is 1. The molecule has 1 aliphatic rings. The number of hydrogen-bond acceptors (Lipinski definition) is 6. The van der Waals surface area contributed by atoms with Gasteiger partial charge in [-0.2, -0.15) is 0 Å². The highest BCUT2D eigenvalue weighted by atomic mass is 32.2. The van der Waals surface area contributed by atoms with E-state index in [1.54, 1.807) is 30.5 Å². The molecule has 1 saturated heterocycles. The molecule has 2 N–H and O–H groups in total. The fourth-order valence-electron chi connectivity index (χ4n) is 3.94. The van der Waals surface area contributed by atoms with Crippen LogP contribution in [0.2, 0.25) is 0 Å². The lowest BCUT2D eigenvalue weighted by atomic mass is 9.88. The Morgan fingerprint density at radius 1 is 1.16 bits per heavy atom. The van der Waals surface area contributed by atoms with E-state index < -0.39 is 9.84 Å². The van der Waals surface area contributed by atoms with Gasteiger partial charge in [-0.1, -0.05) is 32.9 Å². The van der Waals surface area contributed by atoms with Gasteiger partial charge in [-0.3, -0.25) is 4.79 Å². The van der Waals surface area contributed by atoms with E-state index in [1.165, 1.54) is 6.26 Å². The highest BCUT2D eigenvalue weighted by Gasteiger charge is 2.27. The van der Waals surface area contributed by atoms with E-state index >= 15 is 0 Å². The van der Waals surface area contributed by atoms with Crippen molar-refractivity contribution in [1.82, 2.24) is 14.9 Å². The van der Waals surface area contributed by atoms with Crippen molar-refractivity contribution in [2.24, 2.45) is 11.3 Å². The molecular formula is C23H32N4O3S. The van der Waals surface area contributed by atoms with Gasteiger partial charge in [0.1, 0.15) is 0 Å². The van der Waals surface area contributed by atoms with Crippen molar-refractivity contribution < 1.29 is 13.2 Å². The van der Waals surface area contributed by atoms with Crippen LogP contribution in [0, 0.1) is 11.3 Å².